The van der Waals surface area contributed by atoms with Crippen molar-refractivity contribution >= 4 is 22.4 Å². The van der Waals surface area contributed by atoms with Gasteiger partial charge < -0.3 is 34.6 Å². The zero-order valence-corrected chi connectivity index (χ0v) is 18.8. The Morgan fingerprint density at radius 3 is 2.56 bits per heavy atom. The van der Waals surface area contributed by atoms with Crippen LogP contribution in [-0.2, 0) is 16.2 Å². The second-order valence-electron chi connectivity index (χ2n) is 8.08. The fourth-order valence-electron chi connectivity index (χ4n) is 3.99. The Balaban J connectivity index is 1.34. The molecule has 5 rings (SSSR count). The quantitative estimate of drug-likeness (QED) is 0.232. The third-order valence-electron chi connectivity index (χ3n) is 5.85. The lowest BCUT2D eigenvalue weighted by Gasteiger charge is -2.38. The highest BCUT2D eigenvalue weighted by molar-refractivity contribution is 7.08. The van der Waals surface area contributed by atoms with E-state index in [0.717, 1.165) is 11.1 Å². The first kappa shape index (κ1) is 22.9. The average Bonchev–Trinajstić information content (AvgIpc) is 3.53. The van der Waals surface area contributed by atoms with Crippen LogP contribution in [-0.4, -0.2) is 67.3 Å². The van der Waals surface area contributed by atoms with Gasteiger partial charge in [-0.25, -0.2) is 4.98 Å². The highest BCUT2D eigenvalue weighted by atomic mass is 32.1. The molecule has 2 aromatic heterocycles. The number of nitrogens with zero attached hydrogens (tertiary/aromatic N) is 2. The highest BCUT2D eigenvalue weighted by Crippen LogP contribution is 2.29. The summed E-state index contributed by atoms with van der Waals surface area (Å²) in [4.78, 5) is 15.2. The van der Waals surface area contributed by atoms with Crippen LogP contribution in [0.15, 0.2) is 65.6 Å². The molecule has 1 aliphatic rings. The number of imidazole rings is 1. The number of hydrogen-bond acceptors (Lipinski definition) is 9. The summed E-state index contributed by atoms with van der Waals surface area (Å²) >= 11 is 1.66. The molecule has 4 aromatic rings. The van der Waals surface area contributed by atoms with Crippen molar-refractivity contribution in [2.45, 2.75) is 37.3 Å². The number of para-hydroxylation sites is 1. The molecular formula is C24H24N2O7S. The van der Waals surface area contributed by atoms with E-state index in [1.165, 1.54) is 5.56 Å². The Labute approximate surface area is 199 Å². The maximum absolute atomic E-state index is 10.3. The molecule has 10 heteroatoms. The van der Waals surface area contributed by atoms with Gasteiger partial charge in [0.2, 0.25) is 0 Å². The number of thiophene rings is 1. The van der Waals surface area contributed by atoms with Crippen molar-refractivity contribution in [2.24, 2.45) is 0 Å². The molecule has 0 bridgehead atoms. The number of fused-ring (bicyclic) bond motifs is 1. The number of ether oxygens (including phenoxy) is 1. The van der Waals surface area contributed by atoms with Crippen LogP contribution in [0.4, 0.5) is 0 Å². The molecule has 178 valence electrons. The van der Waals surface area contributed by atoms with E-state index in [-0.39, 0.29) is 0 Å². The number of rotatable bonds is 7. The van der Waals surface area contributed by atoms with Crippen molar-refractivity contribution in [1.29, 1.82) is 0 Å². The number of aliphatic hydroxyl groups is 4. The first-order valence-corrected chi connectivity index (χ1v) is 11.7. The molecule has 3 heterocycles. The molecule has 0 aliphatic carbocycles. The van der Waals surface area contributed by atoms with Crippen LogP contribution < -0.4 is 4.89 Å². The van der Waals surface area contributed by atoms with Gasteiger partial charge in [0.15, 0.2) is 18.1 Å². The van der Waals surface area contributed by atoms with Crippen LogP contribution in [0, 0.1) is 0 Å². The molecule has 0 spiro atoms. The second-order valence-corrected chi connectivity index (χ2v) is 8.86. The Kier molecular flexibility index (Phi) is 6.61. The number of aromatic nitrogens is 2. The SMILES string of the molecule is OC[C@H]1O[C@@H](O)[C@H](OOc2cccc3ncn(Cc4ccc(-c5ccsc5)cc4)c23)[C@@H](O)[C@@H]1O. The van der Waals surface area contributed by atoms with E-state index in [9.17, 15) is 20.4 Å². The van der Waals surface area contributed by atoms with E-state index >= 15 is 0 Å². The summed E-state index contributed by atoms with van der Waals surface area (Å²) in [6, 6.07) is 15.6. The van der Waals surface area contributed by atoms with Crippen molar-refractivity contribution in [3.8, 4) is 16.9 Å². The molecule has 1 fully saturated rings. The topological polar surface area (TPSA) is 126 Å². The lowest BCUT2D eigenvalue weighted by atomic mass is 9.99. The van der Waals surface area contributed by atoms with Gasteiger partial charge in [-0.3, -0.25) is 0 Å². The average molecular weight is 485 g/mol. The van der Waals surface area contributed by atoms with Crippen molar-refractivity contribution < 1.29 is 34.9 Å². The lowest BCUT2D eigenvalue weighted by Crippen LogP contribution is -2.59. The Morgan fingerprint density at radius 1 is 1.00 bits per heavy atom. The molecule has 9 nitrogen and oxygen atoms in total. The van der Waals surface area contributed by atoms with Crippen molar-refractivity contribution in [1.82, 2.24) is 9.55 Å². The fraction of sp³-hybridized carbons (Fsp3) is 0.292. The van der Waals surface area contributed by atoms with Crippen LogP contribution in [0.1, 0.15) is 5.56 Å². The molecule has 2 aromatic carbocycles. The molecule has 34 heavy (non-hydrogen) atoms. The van der Waals surface area contributed by atoms with Gasteiger partial charge in [-0.2, -0.15) is 16.2 Å². The molecule has 4 N–H and O–H groups in total. The van der Waals surface area contributed by atoms with E-state index in [2.05, 4.69) is 40.7 Å². The van der Waals surface area contributed by atoms with Gasteiger partial charge in [0, 0.05) is 6.54 Å². The van der Waals surface area contributed by atoms with Crippen LogP contribution in [0.2, 0.25) is 0 Å². The normalized spacial score (nSPS) is 25.0. The zero-order chi connectivity index (χ0) is 23.7. The largest absolute Gasteiger partial charge is 0.394 e. The first-order chi connectivity index (χ1) is 16.5. The molecule has 0 radical (unpaired) electrons. The van der Waals surface area contributed by atoms with Crippen molar-refractivity contribution in [3.63, 3.8) is 0 Å². The van der Waals surface area contributed by atoms with Crippen LogP contribution in [0.25, 0.3) is 22.2 Å². The zero-order valence-electron chi connectivity index (χ0n) is 18.0. The maximum atomic E-state index is 10.3. The Bertz CT molecular complexity index is 1230. The smallest absolute Gasteiger partial charge is 0.191 e. The van der Waals surface area contributed by atoms with Crippen molar-refractivity contribution in [3.05, 3.63) is 71.2 Å². The van der Waals surface area contributed by atoms with E-state index in [4.69, 9.17) is 14.5 Å². The molecular weight excluding hydrogens is 460 g/mol. The maximum Gasteiger partial charge on any atom is 0.191 e. The second kappa shape index (κ2) is 9.80. The molecule has 0 saturated carbocycles. The summed E-state index contributed by atoms with van der Waals surface area (Å²) in [5, 5.41) is 43.8. The lowest BCUT2D eigenvalue weighted by molar-refractivity contribution is -0.364. The van der Waals surface area contributed by atoms with Gasteiger partial charge >= 0.3 is 0 Å². The van der Waals surface area contributed by atoms with E-state index < -0.39 is 37.3 Å². The molecule has 1 saturated heterocycles. The standard InChI is InChI=1S/C24H24N2O7S/c27-11-19-21(28)22(29)23(24(30)31-19)33-32-18-3-1-2-17-20(18)26(13-25-17)10-14-4-6-15(7-5-14)16-8-9-34-12-16/h1-9,12-13,19,21-24,27-30H,10-11H2/t19-,21-,22+,23-,24-/m1/s1. The third kappa shape index (κ3) is 4.44. The predicted molar refractivity (Wildman–Crippen MR) is 124 cm³/mol. The Hall–Kier alpha value is -2.83. The van der Waals surface area contributed by atoms with Crippen LogP contribution in [0.3, 0.4) is 0 Å². The van der Waals surface area contributed by atoms with Crippen LogP contribution in [0.5, 0.6) is 5.75 Å². The molecule has 1 aliphatic heterocycles. The van der Waals surface area contributed by atoms with E-state index in [1.807, 2.05) is 16.0 Å². The van der Waals surface area contributed by atoms with Crippen LogP contribution >= 0.6 is 11.3 Å². The van der Waals surface area contributed by atoms with Gasteiger partial charge in [0.1, 0.15) is 23.8 Å². The summed E-state index contributed by atoms with van der Waals surface area (Å²) in [6.45, 7) is -0.0227. The third-order valence-corrected chi connectivity index (χ3v) is 6.54. The van der Waals surface area contributed by atoms with Gasteiger partial charge in [-0.1, -0.05) is 30.3 Å². The predicted octanol–water partition coefficient (Wildman–Crippen LogP) is 1.92. The minimum absolute atomic E-state index is 0.322. The summed E-state index contributed by atoms with van der Waals surface area (Å²) in [7, 11) is 0. The number of hydrogen-bond donors (Lipinski definition) is 4. The fourth-order valence-corrected chi connectivity index (χ4v) is 4.66. The molecule has 0 unspecified atom stereocenters. The summed E-state index contributed by atoms with van der Waals surface area (Å²) in [5.41, 5.74) is 4.74. The van der Waals surface area contributed by atoms with Gasteiger partial charge in [0.05, 0.1) is 18.5 Å². The minimum Gasteiger partial charge on any atom is -0.394 e. The van der Waals surface area contributed by atoms with Gasteiger partial charge in [-0.05, 0) is 45.6 Å². The summed E-state index contributed by atoms with van der Waals surface area (Å²) in [6.07, 6.45) is -5.36. The minimum atomic E-state index is -1.60. The molecule has 5 atom stereocenters. The Morgan fingerprint density at radius 2 is 1.82 bits per heavy atom. The van der Waals surface area contributed by atoms with Gasteiger partial charge in [-0.15, -0.1) is 0 Å². The van der Waals surface area contributed by atoms with E-state index in [1.54, 1.807) is 29.8 Å². The number of benzene rings is 2. The summed E-state index contributed by atoms with van der Waals surface area (Å²) in [5.74, 6) is 0.322. The first-order valence-electron chi connectivity index (χ1n) is 10.7. The monoisotopic (exact) mass is 484 g/mol. The van der Waals surface area contributed by atoms with E-state index in [0.29, 0.717) is 23.3 Å². The number of aliphatic hydroxyl groups excluding tert-OH is 4. The van der Waals surface area contributed by atoms with Crippen molar-refractivity contribution in [2.75, 3.05) is 6.61 Å². The summed E-state index contributed by atoms with van der Waals surface area (Å²) < 4.78 is 7.02. The highest BCUT2D eigenvalue weighted by Gasteiger charge is 2.45. The molecule has 0 amide bonds. The van der Waals surface area contributed by atoms with Gasteiger partial charge in [0.25, 0.3) is 0 Å².